The molecule has 0 radical (unpaired) electrons. The van der Waals surface area contributed by atoms with E-state index in [0.29, 0.717) is 21.9 Å². The van der Waals surface area contributed by atoms with Crippen molar-refractivity contribution in [2.75, 3.05) is 6.86 Å². The summed E-state index contributed by atoms with van der Waals surface area (Å²) in [5.41, 5.74) is 1.18. The lowest BCUT2D eigenvalue weighted by atomic mass is 10.2. The topological polar surface area (TPSA) is 44.2 Å². The van der Waals surface area contributed by atoms with Gasteiger partial charge in [-0.05, 0) is 48.7 Å². The first-order valence-electron chi connectivity index (χ1n) is 8.24. The molecule has 0 spiro atoms. The lowest BCUT2D eigenvalue weighted by Crippen LogP contribution is -2.00. The van der Waals surface area contributed by atoms with Crippen LogP contribution in [0.15, 0.2) is 47.6 Å². The normalized spacial score (nSPS) is 13.8. The fourth-order valence-corrected chi connectivity index (χ4v) is 3.78. The Kier molecular flexibility index (Phi) is 4.88. The van der Waals surface area contributed by atoms with Crippen molar-refractivity contribution >= 4 is 22.7 Å². The zero-order valence-electron chi connectivity index (χ0n) is 13.8. The fraction of sp³-hybridized carbons (Fsp3) is 0.263. The van der Waals surface area contributed by atoms with Crippen molar-refractivity contribution in [3.8, 4) is 11.6 Å². The number of ether oxygens (including phenoxy) is 2. The largest absolute Gasteiger partial charge is 0.488 e. The third-order valence-corrected chi connectivity index (χ3v) is 5.24. The molecule has 2 aromatic heterocycles. The molecule has 1 aliphatic rings. The molecular weight excluding hydrogens is 358 g/mol. The smallest absolute Gasteiger partial charge is 0.243 e. The fourth-order valence-electron chi connectivity index (χ4n) is 2.62. The molecule has 0 unspecified atom stereocenters. The van der Waals surface area contributed by atoms with Crippen LogP contribution in [0.25, 0.3) is 10.9 Å². The lowest BCUT2D eigenvalue weighted by Gasteiger charge is -2.11. The Morgan fingerprint density at radius 3 is 2.73 bits per heavy atom. The average Bonchev–Trinajstić information content (AvgIpc) is 3.44. The summed E-state index contributed by atoms with van der Waals surface area (Å²) in [4.78, 5) is 9.09. The van der Waals surface area contributed by atoms with Crippen molar-refractivity contribution in [2.45, 2.75) is 29.6 Å². The summed E-state index contributed by atoms with van der Waals surface area (Å²) in [5.74, 6) is 0.405. The van der Waals surface area contributed by atoms with Crippen LogP contribution in [0.4, 0.5) is 8.78 Å². The average molecular weight is 374 g/mol. The third kappa shape index (κ3) is 3.88. The van der Waals surface area contributed by atoms with Gasteiger partial charge in [-0.15, -0.1) is 11.8 Å². The van der Waals surface area contributed by atoms with Crippen LogP contribution in [0.1, 0.15) is 18.4 Å². The van der Waals surface area contributed by atoms with Crippen molar-refractivity contribution in [2.24, 2.45) is 0 Å². The molecule has 4 nitrogen and oxygen atoms in total. The van der Waals surface area contributed by atoms with Crippen LogP contribution in [0.5, 0.6) is 11.6 Å². The van der Waals surface area contributed by atoms with Crippen molar-refractivity contribution in [3.63, 3.8) is 0 Å². The second-order valence-corrected chi connectivity index (χ2v) is 7.35. The summed E-state index contributed by atoms with van der Waals surface area (Å²) in [6.45, 7) is -0.764. The first kappa shape index (κ1) is 17.0. The van der Waals surface area contributed by atoms with Gasteiger partial charge in [0.25, 0.3) is 0 Å². The molecule has 1 aliphatic carbocycles. The van der Waals surface area contributed by atoms with Crippen molar-refractivity contribution in [3.05, 3.63) is 54.1 Å². The molecule has 1 aromatic carbocycles. The molecule has 26 heavy (non-hydrogen) atoms. The summed E-state index contributed by atoms with van der Waals surface area (Å²) >= 11 is 1.70. The van der Waals surface area contributed by atoms with E-state index in [9.17, 15) is 8.78 Å². The first-order valence-corrected chi connectivity index (χ1v) is 9.12. The van der Waals surface area contributed by atoms with E-state index >= 15 is 0 Å². The van der Waals surface area contributed by atoms with E-state index in [4.69, 9.17) is 9.47 Å². The molecule has 0 atom stereocenters. The van der Waals surface area contributed by atoms with Crippen molar-refractivity contribution in [1.82, 2.24) is 9.97 Å². The van der Waals surface area contributed by atoms with Crippen LogP contribution in [0, 0.1) is 5.82 Å². The number of rotatable bonds is 7. The second-order valence-electron chi connectivity index (χ2n) is 5.98. The van der Waals surface area contributed by atoms with Crippen LogP contribution < -0.4 is 9.47 Å². The lowest BCUT2D eigenvalue weighted by molar-refractivity contribution is 0.187. The van der Waals surface area contributed by atoms with Gasteiger partial charge < -0.3 is 9.47 Å². The number of nitrogens with zero attached hydrogens (tertiary/aromatic N) is 2. The van der Waals surface area contributed by atoms with E-state index < -0.39 is 6.86 Å². The van der Waals surface area contributed by atoms with Crippen LogP contribution in [-0.4, -0.2) is 22.1 Å². The van der Waals surface area contributed by atoms with Crippen molar-refractivity contribution in [1.29, 1.82) is 0 Å². The number of benzene rings is 1. The van der Waals surface area contributed by atoms with Gasteiger partial charge in [0.1, 0.15) is 23.7 Å². The zero-order valence-corrected chi connectivity index (χ0v) is 14.6. The van der Waals surface area contributed by atoms with Gasteiger partial charge >= 0.3 is 0 Å². The maximum Gasteiger partial charge on any atom is 0.243 e. The Labute approximate surface area is 153 Å². The van der Waals surface area contributed by atoms with E-state index in [0.717, 1.165) is 10.5 Å². The van der Waals surface area contributed by atoms with Gasteiger partial charge in [0.15, 0.2) is 0 Å². The standard InChI is InChI=1S/C19H16F2N2O2S/c20-11-25-19-18-16(3-5-23-19)17(4-6-22-18)24-10-12-7-13(21)9-15(8-12)26-14-1-2-14/h3-9,14H,1-2,10-11H2. The second kappa shape index (κ2) is 7.45. The minimum atomic E-state index is -0.983. The monoisotopic (exact) mass is 374 g/mol. The number of aromatic nitrogens is 2. The minimum Gasteiger partial charge on any atom is -0.488 e. The molecule has 0 amide bonds. The maximum absolute atomic E-state index is 13.9. The van der Waals surface area contributed by atoms with E-state index in [1.165, 1.54) is 25.1 Å². The molecule has 0 saturated heterocycles. The Morgan fingerprint density at radius 1 is 1.08 bits per heavy atom. The molecule has 0 aliphatic heterocycles. The first-order chi connectivity index (χ1) is 12.7. The number of fused-ring (bicyclic) bond motifs is 1. The van der Waals surface area contributed by atoms with Gasteiger partial charge in [0.05, 0.1) is 0 Å². The molecule has 0 bridgehead atoms. The Morgan fingerprint density at radius 2 is 1.92 bits per heavy atom. The Bertz CT molecular complexity index is 935. The molecule has 2 heterocycles. The number of alkyl halides is 1. The number of hydrogen-bond donors (Lipinski definition) is 0. The molecule has 7 heteroatoms. The van der Waals surface area contributed by atoms with E-state index in [-0.39, 0.29) is 18.3 Å². The van der Waals surface area contributed by atoms with Gasteiger partial charge in [-0.1, -0.05) is 0 Å². The molecular formula is C19H16F2N2O2S. The predicted molar refractivity (Wildman–Crippen MR) is 95.8 cm³/mol. The quantitative estimate of drug-likeness (QED) is 0.588. The third-order valence-electron chi connectivity index (χ3n) is 3.93. The molecule has 1 fully saturated rings. The summed E-state index contributed by atoms with van der Waals surface area (Å²) in [6, 6.07) is 8.41. The van der Waals surface area contributed by atoms with Crippen LogP contribution in [-0.2, 0) is 6.61 Å². The van der Waals surface area contributed by atoms with Crippen LogP contribution in [0.2, 0.25) is 0 Å². The molecule has 134 valence electrons. The summed E-state index contributed by atoms with van der Waals surface area (Å²) in [7, 11) is 0. The number of pyridine rings is 2. The zero-order chi connectivity index (χ0) is 17.9. The van der Waals surface area contributed by atoms with E-state index in [2.05, 4.69) is 9.97 Å². The van der Waals surface area contributed by atoms with Gasteiger partial charge in [0, 0.05) is 27.9 Å². The molecule has 1 saturated carbocycles. The van der Waals surface area contributed by atoms with Crippen LogP contribution in [0.3, 0.4) is 0 Å². The maximum atomic E-state index is 13.9. The number of thioether (sulfide) groups is 1. The van der Waals surface area contributed by atoms with Gasteiger partial charge in [-0.25, -0.2) is 13.8 Å². The predicted octanol–water partition coefficient (Wildman–Crippen LogP) is 4.91. The highest BCUT2D eigenvalue weighted by atomic mass is 32.2. The summed E-state index contributed by atoms with van der Waals surface area (Å²) in [5, 5.41) is 1.27. The summed E-state index contributed by atoms with van der Waals surface area (Å²) < 4.78 is 37.1. The molecule has 3 aromatic rings. The highest BCUT2D eigenvalue weighted by Crippen LogP contribution is 2.39. The van der Waals surface area contributed by atoms with Crippen molar-refractivity contribution < 1.29 is 18.3 Å². The van der Waals surface area contributed by atoms with E-state index in [1.807, 2.05) is 6.07 Å². The summed E-state index contributed by atoms with van der Waals surface area (Å²) in [6.07, 6.45) is 5.43. The van der Waals surface area contributed by atoms with Crippen LogP contribution >= 0.6 is 11.8 Å². The molecule has 0 N–H and O–H groups in total. The van der Waals surface area contributed by atoms with Gasteiger partial charge in [0.2, 0.25) is 12.7 Å². The Balaban J connectivity index is 1.56. The van der Waals surface area contributed by atoms with E-state index in [1.54, 1.807) is 36.2 Å². The number of hydrogen-bond acceptors (Lipinski definition) is 5. The minimum absolute atomic E-state index is 0.115. The Hall–Kier alpha value is -2.41. The highest BCUT2D eigenvalue weighted by molar-refractivity contribution is 8.00. The van der Waals surface area contributed by atoms with Gasteiger partial charge in [-0.3, -0.25) is 4.98 Å². The highest BCUT2D eigenvalue weighted by Gasteiger charge is 2.22. The SMILES string of the molecule is FCOc1nccc2c(OCc3cc(F)cc(SC4CC4)c3)ccnc12. The van der Waals surface area contributed by atoms with Gasteiger partial charge in [-0.2, -0.15) is 0 Å². The molecule has 4 rings (SSSR count). The number of halogens is 2.